The van der Waals surface area contributed by atoms with Crippen LogP contribution in [-0.2, 0) is 0 Å². The molecule has 4 aromatic rings. The van der Waals surface area contributed by atoms with Gasteiger partial charge in [0.1, 0.15) is 0 Å². The van der Waals surface area contributed by atoms with Gasteiger partial charge in [-0.15, -0.1) is 28.3 Å². The van der Waals surface area contributed by atoms with Gasteiger partial charge < -0.3 is 5.32 Å². The van der Waals surface area contributed by atoms with Gasteiger partial charge in [0.25, 0.3) is 0 Å². The molecule has 2 aromatic carbocycles. The lowest BCUT2D eigenvalue weighted by atomic mass is 10.1. The topological polar surface area (TPSA) is 50.7 Å². The van der Waals surface area contributed by atoms with E-state index in [-0.39, 0.29) is 17.0 Å². The predicted molar refractivity (Wildman–Crippen MR) is 119 cm³/mol. The van der Waals surface area contributed by atoms with E-state index in [2.05, 4.69) is 54.6 Å². The molecule has 26 heavy (non-hydrogen) atoms. The second kappa shape index (κ2) is 8.39. The minimum atomic E-state index is 0. The van der Waals surface area contributed by atoms with E-state index in [1.54, 1.807) is 11.3 Å². The SMILES string of the molecule is Br.Cc1cccc(-c2nsc(Nc3nc(-c4ccc(Br)cc4)cs3)n2)c1. The van der Waals surface area contributed by atoms with E-state index in [0.717, 1.165) is 37.4 Å². The Morgan fingerprint density at radius 3 is 2.54 bits per heavy atom. The fraction of sp³-hybridized carbons (Fsp3) is 0.0556. The van der Waals surface area contributed by atoms with Crippen molar-refractivity contribution in [1.82, 2.24) is 14.3 Å². The molecule has 4 rings (SSSR count). The number of hydrogen-bond donors (Lipinski definition) is 1. The van der Waals surface area contributed by atoms with E-state index in [1.165, 1.54) is 17.1 Å². The molecule has 2 aromatic heterocycles. The van der Waals surface area contributed by atoms with Crippen LogP contribution in [0.1, 0.15) is 5.56 Å². The number of rotatable bonds is 4. The van der Waals surface area contributed by atoms with Crippen LogP contribution in [-0.4, -0.2) is 14.3 Å². The minimum Gasteiger partial charge on any atom is -0.306 e. The summed E-state index contributed by atoms with van der Waals surface area (Å²) in [6.07, 6.45) is 0. The Morgan fingerprint density at radius 2 is 1.77 bits per heavy atom. The number of thiazole rings is 1. The molecule has 0 spiro atoms. The number of nitrogens with zero attached hydrogens (tertiary/aromatic N) is 3. The smallest absolute Gasteiger partial charge is 0.209 e. The van der Waals surface area contributed by atoms with Gasteiger partial charge in [-0.25, -0.2) is 4.98 Å². The van der Waals surface area contributed by atoms with Crippen molar-refractivity contribution in [2.75, 3.05) is 5.32 Å². The lowest BCUT2D eigenvalue weighted by molar-refractivity contribution is 1.30. The fourth-order valence-electron chi connectivity index (χ4n) is 2.35. The number of nitrogens with one attached hydrogen (secondary N) is 1. The van der Waals surface area contributed by atoms with Crippen molar-refractivity contribution in [3.05, 3.63) is 63.9 Å². The molecule has 0 bridgehead atoms. The van der Waals surface area contributed by atoms with E-state index in [4.69, 9.17) is 0 Å². The average molecular weight is 510 g/mol. The number of benzene rings is 2. The first kappa shape index (κ1) is 19.2. The molecule has 8 heteroatoms. The molecule has 1 N–H and O–H groups in total. The summed E-state index contributed by atoms with van der Waals surface area (Å²) in [6, 6.07) is 16.3. The van der Waals surface area contributed by atoms with Gasteiger partial charge in [-0.3, -0.25) is 0 Å². The summed E-state index contributed by atoms with van der Waals surface area (Å²) in [6.45, 7) is 2.06. The van der Waals surface area contributed by atoms with Crippen LogP contribution < -0.4 is 5.32 Å². The monoisotopic (exact) mass is 508 g/mol. The standard InChI is InChI=1S/C18H13BrN4S2.BrH/c1-11-3-2-4-13(9-11)16-21-18(25-23-16)22-17-20-15(10-24-17)12-5-7-14(19)8-6-12;/h2-10H,1H3,(H,20,21,22,23);1H. The summed E-state index contributed by atoms with van der Waals surface area (Å²) in [5, 5.41) is 6.84. The first-order valence-corrected chi connectivity index (χ1v) is 10.0. The molecule has 0 aliphatic carbocycles. The zero-order valence-electron chi connectivity index (χ0n) is 13.6. The Kier molecular flexibility index (Phi) is 6.18. The summed E-state index contributed by atoms with van der Waals surface area (Å²) in [7, 11) is 0. The Labute approximate surface area is 178 Å². The molecule has 0 radical (unpaired) electrons. The summed E-state index contributed by atoms with van der Waals surface area (Å²) in [5.74, 6) is 0.737. The van der Waals surface area contributed by atoms with Crippen LogP contribution in [0, 0.1) is 6.92 Å². The van der Waals surface area contributed by atoms with Gasteiger partial charge >= 0.3 is 0 Å². The van der Waals surface area contributed by atoms with Crippen LogP contribution in [0.3, 0.4) is 0 Å². The van der Waals surface area contributed by atoms with Crippen LogP contribution in [0.2, 0.25) is 0 Å². The summed E-state index contributed by atoms with van der Waals surface area (Å²) < 4.78 is 5.50. The highest BCUT2D eigenvalue weighted by molar-refractivity contribution is 9.10. The van der Waals surface area contributed by atoms with Gasteiger partial charge in [0.2, 0.25) is 5.13 Å². The quantitative estimate of drug-likeness (QED) is 0.331. The first-order chi connectivity index (χ1) is 12.2. The summed E-state index contributed by atoms with van der Waals surface area (Å²) >= 11 is 6.35. The van der Waals surface area contributed by atoms with Gasteiger partial charge in [-0.1, -0.05) is 51.8 Å². The third kappa shape index (κ3) is 4.37. The van der Waals surface area contributed by atoms with Crippen molar-refractivity contribution < 1.29 is 0 Å². The molecule has 0 saturated heterocycles. The predicted octanol–water partition coefficient (Wildman–Crippen LogP) is 6.72. The number of aryl methyl sites for hydroxylation is 1. The molecule has 0 aliphatic heterocycles. The largest absolute Gasteiger partial charge is 0.306 e. The molecular formula is C18H14Br2N4S2. The number of halogens is 2. The average Bonchev–Trinajstić information content (AvgIpc) is 3.26. The Morgan fingerprint density at radius 1 is 0.962 bits per heavy atom. The van der Waals surface area contributed by atoms with Crippen molar-refractivity contribution >= 4 is 66.0 Å². The second-order valence-electron chi connectivity index (χ2n) is 5.46. The molecule has 2 heterocycles. The highest BCUT2D eigenvalue weighted by atomic mass is 79.9. The van der Waals surface area contributed by atoms with E-state index < -0.39 is 0 Å². The van der Waals surface area contributed by atoms with Crippen LogP contribution >= 0.6 is 55.8 Å². The van der Waals surface area contributed by atoms with Crippen molar-refractivity contribution in [1.29, 1.82) is 0 Å². The van der Waals surface area contributed by atoms with Crippen LogP contribution in [0.25, 0.3) is 22.6 Å². The van der Waals surface area contributed by atoms with E-state index >= 15 is 0 Å². The Balaban J connectivity index is 0.00000196. The maximum atomic E-state index is 4.63. The maximum absolute atomic E-state index is 4.63. The molecule has 0 atom stereocenters. The van der Waals surface area contributed by atoms with Crippen molar-refractivity contribution in [2.45, 2.75) is 6.92 Å². The maximum Gasteiger partial charge on any atom is 0.209 e. The molecule has 0 aliphatic rings. The van der Waals surface area contributed by atoms with Gasteiger partial charge in [0.05, 0.1) is 5.69 Å². The van der Waals surface area contributed by atoms with Gasteiger partial charge in [-0.2, -0.15) is 9.36 Å². The minimum absolute atomic E-state index is 0. The summed E-state index contributed by atoms with van der Waals surface area (Å²) in [5.41, 5.74) is 4.26. The first-order valence-electron chi connectivity index (χ1n) is 7.56. The normalized spacial score (nSPS) is 10.4. The molecular weight excluding hydrogens is 496 g/mol. The third-order valence-electron chi connectivity index (χ3n) is 3.56. The zero-order chi connectivity index (χ0) is 17.2. The third-order valence-corrected chi connectivity index (χ3v) is 5.48. The van der Waals surface area contributed by atoms with Gasteiger partial charge in [0, 0.05) is 32.5 Å². The van der Waals surface area contributed by atoms with Crippen molar-refractivity contribution in [3.8, 4) is 22.6 Å². The number of hydrogen-bond acceptors (Lipinski definition) is 6. The lowest BCUT2D eigenvalue weighted by Gasteiger charge is -1.98. The number of anilines is 2. The van der Waals surface area contributed by atoms with E-state index in [0.29, 0.717) is 0 Å². The van der Waals surface area contributed by atoms with Crippen LogP contribution in [0.5, 0.6) is 0 Å². The Bertz CT molecular complexity index is 1010. The van der Waals surface area contributed by atoms with Crippen LogP contribution in [0.15, 0.2) is 58.4 Å². The molecule has 0 amide bonds. The lowest BCUT2D eigenvalue weighted by Crippen LogP contribution is -1.89. The Hall–Kier alpha value is -1.61. The highest BCUT2D eigenvalue weighted by Gasteiger charge is 2.10. The van der Waals surface area contributed by atoms with Crippen LogP contribution in [0.4, 0.5) is 10.3 Å². The van der Waals surface area contributed by atoms with Gasteiger partial charge in [-0.05, 0) is 25.1 Å². The van der Waals surface area contributed by atoms with Crippen molar-refractivity contribution in [2.24, 2.45) is 0 Å². The molecule has 0 saturated carbocycles. The second-order valence-corrected chi connectivity index (χ2v) is 7.99. The van der Waals surface area contributed by atoms with E-state index in [1.807, 2.05) is 41.8 Å². The highest BCUT2D eigenvalue weighted by Crippen LogP contribution is 2.29. The molecule has 132 valence electrons. The van der Waals surface area contributed by atoms with Crippen molar-refractivity contribution in [3.63, 3.8) is 0 Å². The van der Waals surface area contributed by atoms with Gasteiger partial charge in [0.15, 0.2) is 11.0 Å². The number of aromatic nitrogens is 3. The molecule has 0 fully saturated rings. The molecule has 4 nitrogen and oxygen atoms in total. The van der Waals surface area contributed by atoms with E-state index in [9.17, 15) is 0 Å². The fourth-order valence-corrected chi connectivity index (χ4v) is 3.99. The summed E-state index contributed by atoms with van der Waals surface area (Å²) in [4.78, 5) is 9.20. The molecule has 0 unspecified atom stereocenters. The zero-order valence-corrected chi connectivity index (χ0v) is 18.6.